The highest BCUT2D eigenvalue weighted by atomic mass is 16.5. The van der Waals surface area contributed by atoms with Gasteiger partial charge in [-0.1, -0.05) is 5.16 Å². The zero-order valence-corrected chi connectivity index (χ0v) is 11.5. The molecule has 1 aliphatic carbocycles. The molecule has 6 nitrogen and oxygen atoms in total. The van der Waals surface area contributed by atoms with E-state index >= 15 is 0 Å². The molecule has 1 aliphatic rings. The number of methoxy groups -OCH3 is 2. The highest BCUT2D eigenvalue weighted by molar-refractivity contribution is 5.59. The van der Waals surface area contributed by atoms with E-state index in [1.807, 2.05) is 12.1 Å². The van der Waals surface area contributed by atoms with Crippen molar-refractivity contribution in [2.24, 2.45) is 11.7 Å². The molecule has 1 aromatic heterocycles. The van der Waals surface area contributed by atoms with Crippen molar-refractivity contribution < 1.29 is 14.0 Å². The lowest BCUT2D eigenvalue weighted by Crippen LogP contribution is -2.13. The Labute approximate surface area is 116 Å². The van der Waals surface area contributed by atoms with E-state index in [4.69, 9.17) is 19.7 Å². The topological polar surface area (TPSA) is 83.4 Å². The zero-order chi connectivity index (χ0) is 14.1. The lowest BCUT2D eigenvalue weighted by Gasteiger charge is -2.05. The zero-order valence-electron chi connectivity index (χ0n) is 11.5. The number of aromatic nitrogens is 2. The normalized spacial score (nSPS) is 15.9. The number of hydrogen-bond donors (Lipinski definition) is 1. The minimum atomic E-state index is -0.139. The van der Waals surface area contributed by atoms with Crippen LogP contribution in [0.5, 0.6) is 11.5 Å². The first-order valence-electron chi connectivity index (χ1n) is 6.54. The van der Waals surface area contributed by atoms with Crippen molar-refractivity contribution in [3.8, 4) is 23.0 Å². The third-order valence-corrected chi connectivity index (χ3v) is 3.47. The lowest BCUT2D eigenvalue weighted by atomic mass is 10.2. The Morgan fingerprint density at radius 2 is 1.85 bits per heavy atom. The van der Waals surface area contributed by atoms with Crippen molar-refractivity contribution in [2.45, 2.75) is 18.9 Å². The van der Waals surface area contributed by atoms with Gasteiger partial charge in [0.25, 0.3) is 5.89 Å². The molecular formula is C14H17N3O3. The van der Waals surface area contributed by atoms with E-state index in [2.05, 4.69) is 10.1 Å². The largest absolute Gasteiger partial charge is 0.497 e. The summed E-state index contributed by atoms with van der Waals surface area (Å²) in [5.41, 5.74) is 6.82. The van der Waals surface area contributed by atoms with E-state index < -0.39 is 0 Å². The van der Waals surface area contributed by atoms with Gasteiger partial charge in [0.05, 0.1) is 20.3 Å². The summed E-state index contributed by atoms with van der Waals surface area (Å²) in [5, 5.41) is 3.97. The van der Waals surface area contributed by atoms with Gasteiger partial charge in [-0.25, -0.2) is 0 Å². The van der Waals surface area contributed by atoms with Crippen LogP contribution in [0.25, 0.3) is 11.5 Å². The Hall–Kier alpha value is -2.08. The highest BCUT2D eigenvalue weighted by Gasteiger charge is 2.32. The summed E-state index contributed by atoms with van der Waals surface area (Å²) in [5.74, 6) is 2.81. The number of nitrogens with two attached hydrogens (primary N) is 1. The monoisotopic (exact) mass is 275 g/mol. The molecule has 0 aliphatic heterocycles. The second-order valence-corrected chi connectivity index (χ2v) is 4.92. The molecule has 1 unspecified atom stereocenters. The van der Waals surface area contributed by atoms with Gasteiger partial charge in [-0.3, -0.25) is 0 Å². The second-order valence-electron chi connectivity index (χ2n) is 4.92. The molecule has 0 saturated heterocycles. The maximum absolute atomic E-state index is 6.07. The first-order valence-corrected chi connectivity index (χ1v) is 6.54. The third kappa shape index (κ3) is 2.46. The van der Waals surface area contributed by atoms with Crippen LogP contribution in [0, 0.1) is 5.92 Å². The van der Waals surface area contributed by atoms with Crippen LogP contribution in [0.1, 0.15) is 24.7 Å². The fourth-order valence-electron chi connectivity index (χ4n) is 2.08. The molecule has 1 heterocycles. The summed E-state index contributed by atoms with van der Waals surface area (Å²) >= 11 is 0. The number of nitrogens with zero attached hydrogens (tertiary/aromatic N) is 2. The van der Waals surface area contributed by atoms with Gasteiger partial charge >= 0.3 is 0 Å². The molecule has 0 spiro atoms. The minimum absolute atomic E-state index is 0.139. The minimum Gasteiger partial charge on any atom is -0.497 e. The Bertz CT molecular complexity index is 585. The van der Waals surface area contributed by atoms with E-state index in [-0.39, 0.29) is 6.04 Å². The molecule has 6 heteroatoms. The molecule has 3 rings (SSSR count). The van der Waals surface area contributed by atoms with Gasteiger partial charge in [0, 0.05) is 11.6 Å². The molecule has 2 N–H and O–H groups in total. The van der Waals surface area contributed by atoms with Crippen LogP contribution in [0.15, 0.2) is 22.7 Å². The Kier molecular flexibility index (Phi) is 3.31. The van der Waals surface area contributed by atoms with Gasteiger partial charge in [-0.05, 0) is 30.9 Å². The third-order valence-electron chi connectivity index (χ3n) is 3.47. The van der Waals surface area contributed by atoms with Crippen molar-refractivity contribution in [2.75, 3.05) is 14.2 Å². The standard InChI is InChI=1S/C14H17N3O3/c1-18-10-5-9(6-11(7-10)19-2)14-16-13(17-20-14)12(15)8-3-4-8/h5-8,12H,3-4,15H2,1-2H3. The van der Waals surface area contributed by atoms with Crippen molar-refractivity contribution in [1.82, 2.24) is 10.1 Å². The predicted molar refractivity (Wildman–Crippen MR) is 72.5 cm³/mol. The lowest BCUT2D eigenvalue weighted by molar-refractivity contribution is 0.392. The Morgan fingerprint density at radius 1 is 1.20 bits per heavy atom. The maximum Gasteiger partial charge on any atom is 0.258 e. The average molecular weight is 275 g/mol. The Balaban J connectivity index is 1.91. The van der Waals surface area contributed by atoms with Crippen LogP contribution in [0.2, 0.25) is 0 Å². The second kappa shape index (κ2) is 5.13. The first kappa shape index (κ1) is 12.9. The molecule has 106 valence electrons. The molecule has 1 atom stereocenters. The van der Waals surface area contributed by atoms with Crippen LogP contribution in [-0.2, 0) is 0 Å². The van der Waals surface area contributed by atoms with E-state index in [0.29, 0.717) is 29.1 Å². The SMILES string of the molecule is COc1cc(OC)cc(-c2nc(C(N)C3CC3)no2)c1. The van der Waals surface area contributed by atoms with Gasteiger partial charge in [0.15, 0.2) is 5.82 Å². The van der Waals surface area contributed by atoms with E-state index in [1.165, 1.54) is 0 Å². The number of benzene rings is 1. The summed E-state index contributed by atoms with van der Waals surface area (Å²) < 4.78 is 15.8. The molecular weight excluding hydrogens is 258 g/mol. The van der Waals surface area contributed by atoms with E-state index in [9.17, 15) is 0 Å². The van der Waals surface area contributed by atoms with Gasteiger partial charge < -0.3 is 19.7 Å². The predicted octanol–water partition coefficient (Wildman–Crippen LogP) is 2.16. The summed E-state index contributed by atoms with van der Waals surface area (Å²) in [6.07, 6.45) is 2.27. The van der Waals surface area contributed by atoms with Crippen LogP contribution < -0.4 is 15.2 Å². The summed E-state index contributed by atoms with van der Waals surface area (Å²) in [6, 6.07) is 5.29. The molecule has 2 aromatic rings. The summed E-state index contributed by atoms with van der Waals surface area (Å²) in [6.45, 7) is 0. The summed E-state index contributed by atoms with van der Waals surface area (Å²) in [4.78, 5) is 4.38. The molecule has 1 aromatic carbocycles. The van der Waals surface area contributed by atoms with Gasteiger partial charge in [0.1, 0.15) is 11.5 Å². The number of hydrogen-bond acceptors (Lipinski definition) is 6. The number of rotatable bonds is 5. The molecule has 1 saturated carbocycles. The average Bonchev–Trinajstić information content (AvgIpc) is 3.22. The molecule has 0 amide bonds. The molecule has 20 heavy (non-hydrogen) atoms. The van der Waals surface area contributed by atoms with Crippen molar-refractivity contribution in [3.63, 3.8) is 0 Å². The fourth-order valence-corrected chi connectivity index (χ4v) is 2.08. The number of ether oxygens (including phenoxy) is 2. The van der Waals surface area contributed by atoms with E-state index in [1.54, 1.807) is 20.3 Å². The first-order chi connectivity index (χ1) is 9.71. The van der Waals surface area contributed by atoms with Crippen LogP contribution in [-0.4, -0.2) is 24.4 Å². The van der Waals surface area contributed by atoms with Crippen LogP contribution in [0.3, 0.4) is 0 Å². The summed E-state index contributed by atoms with van der Waals surface area (Å²) in [7, 11) is 3.20. The molecule has 1 fully saturated rings. The highest BCUT2D eigenvalue weighted by Crippen LogP contribution is 2.39. The van der Waals surface area contributed by atoms with Crippen molar-refractivity contribution in [3.05, 3.63) is 24.0 Å². The smallest absolute Gasteiger partial charge is 0.258 e. The Morgan fingerprint density at radius 3 is 2.40 bits per heavy atom. The molecule has 0 radical (unpaired) electrons. The van der Waals surface area contributed by atoms with Crippen molar-refractivity contribution in [1.29, 1.82) is 0 Å². The van der Waals surface area contributed by atoms with Crippen LogP contribution in [0.4, 0.5) is 0 Å². The van der Waals surface area contributed by atoms with Crippen LogP contribution >= 0.6 is 0 Å². The van der Waals surface area contributed by atoms with Gasteiger partial charge in [-0.15, -0.1) is 0 Å². The van der Waals surface area contributed by atoms with Crippen molar-refractivity contribution >= 4 is 0 Å². The fraction of sp³-hybridized carbons (Fsp3) is 0.429. The molecule has 0 bridgehead atoms. The quantitative estimate of drug-likeness (QED) is 0.900. The van der Waals surface area contributed by atoms with Gasteiger partial charge in [0.2, 0.25) is 0 Å². The van der Waals surface area contributed by atoms with Gasteiger partial charge in [-0.2, -0.15) is 4.98 Å². The van der Waals surface area contributed by atoms with E-state index in [0.717, 1.165) is 18.4 Å². The maximum atomic E-state index is 6.07.